The van der Waals surface area contributed by atoms with Crippen molar-refractivity contribution in [1.29, 1.82) is 0 Å². The molecular formula is C22H26N2O7S. The molecule has 2 aromatic rings. The van der Waals surface area contributed by atoms with Crippen LogP contribution in [0.1, 0.15) is 32.6 Å². The highest BCUT2D eigenvalue weighted by Gasteiger charge is 2.54. The number of sulfonamides is 1. The molecule has 0 spiro atoms. The lowest BCUT2D eigenvalue weighted by atomic mass is 9.76. The second kappa shape index (κ2) is 10.1. The number of esters is 1. The highest BCUT2D eigenvalue weighted by Crippen LogP contribution is 2.41. The van der Waals surface area contributed by atoms with E-state index in [2.05, 4.69) is 0 Å². The van der Waals surface area contributed by atoms with Crippen molar-refractivity contribution >= 4 is 21.9 Å². The highest BCUT2D eigenvalue weighted by molar-refractivity contribution is 7.89. The monoisotopic (exact) mass is 462 g/mol. The number of hydroxylamine groups is 1. The van der Waals surface area contributed by atoms with Crippen molar-refractivity contribution in [1.82, 2.24) is 9.79 Å². The van der Waals surface area contributed by atoms with Gasteiger partial charge >= 0.3 is 5.97 Å². The summed E-state index contributed by atoms with van der Waals surface area (Å²) in [6.45, 7) is 1.56. The Balaban J connectivity index is 1.88. The molecular weight excluding hydrogens is 436 g/mol. The van der Waals surface area contributed by atoms with Gasteiger partial charge in [-0.1, -0.05) is 18.2 Å². The van der Waals surface area contributed by atoms with Gasteiger partial charge < -0.3 is 9.47 Å². The molecule has 2 N–H and O–H groups in total. The summed E-state index contributed by atoms with van der Waals surface area (Å²) in [7, 11) is -4.18. The lowest BCUT2D eigenvalue weighted by molar-refractivity contribution is -0.147. The van der Waals surface area contributed by atoms with E-state index in [-0.39, 0.29) is 37.3 Å². The van der Waals surface area contributed by atoms with E-state index >= 15 is 0 Å². The molecule has 3 rings (SSSR count). The van der Waals surface area contributed by atoms with E-state index in [0.717, 1.165) is 4.31 Å². The molecule has 0 unspecified atom stereocenters. The van der Waals surface area contributed by atoms with Crippen LogP contribution in [0.4, 0.5) is 0 Å². The van der Waals surface area contributed by atoms with Gasteiger partial charge in [0, 0.05) is 6.54 Å². The number of benzene rings is 2. The van der Waals surface area contributed by atoms with E-state index in [0.29, 0.717) is 17.9 Å². The molecule has 1 aliphatic rings. The van der Waals surface area contributed by atoms with Crippen LogP contribution >= 0.6 is 0 Å². The molecule has 0 radical (unpaired) electrons. The minimum Gasteiger partial charge on any atom is -0.466 e. The number of hydrogen-bond donors (Lipinski definition) is 2. The van der Waals surface area contributed by atoms with Gasteiger partial charge in [-0.2, -0.15) is 4.31 Å². The normalized spacial score (nSPS) is 15.0. The number of amides is 1. The maximum absolute atomic E-state index is 13.5. The minimum absolute atomic E-state index is 0.0567. The van der Waals surface area contributed by atoms with Gasteiger partial charge in [0.25, 0.3) is 5.91 Å². The van der Waals surface area contributed by atoms with Gasteiger partial charge in [0.15, 0.2) is 0 Å². The molecule has 0 atom stereocenters. The molecule has 2 aromatic carbocycles. The zero-order valence-electron chi connectivity index (χ0n) is 17.7. The molecule has 1 aliphatic carbocycles. The summed E-state index contributed by atoms with van der Waals surface area (Å²) < 4.78 is 38.6. The van der Waals surface area contributed by atoms with Crippen LogP contribution in [0.3, 0.4) is 0 Å². The summed E-state index contributed by atoms with van der Waals surface area (Å²) in [5, 5.41) is 9.23. The Hall–Kier alpha value is -2.95. The fraction of sp³-hybridized carbons (Fsp3) is 0.364. The van der Waals surface area contributed by atoms with Crippen molar-refractivity contribution in [3.8, 4) is 11.5 Å². The fourth-order valence-corrected chi connectivity index (χ4v) is 5.42. The maximum atomic E-state index is 13.5. The molecule has 1 saturated carbocycles. The van der Waals surface area contributed by atoms with Crippen LogP contribution in [0.15, 0.2) is 59.5 Å². The number of hydrogen-bond acceptors (Lipinski definition) is 7. The SMILES string of the molecule is CCOC(=O)CCN(C1(C(=O)NO)CCC1)S(=O)(=O)c1ccc(Oc2ccccc2)cc1. The van der Waals surface area contributed by atoms with Crippen LogP contribution in [-0.2, 0) is 24.3 Å². The number of carbonyl (C=O) groups excluding carboxylic acids is 2. The fourth-order valence-electron chi connectivity index (χ4n) is 3.63. The first-order valence-electron chi connectivity index (χ1n) is 10.3. The van der Waals surface area contributed by atoms with Crippen molar-refractivity contribution in [2.75, 3.05) is 13.2 Å². The van der Waals surface area contributed by atoms with Crippen molar-refractivity contribution in [3.05, 3.63) is 54.6 Å². The average Bonchev–Trinajstić information content (AvgIpc) is 2.76. The Labute approximate surface area is 187 Å². The van der Waals surface area contributed by atoms with Crippen LogP contribution in [0.25, 0.3) is 0 Å². The third-order valence-corrected chi connectivity index (χ3v) is 7.38. The largest absolute Gasteiger partial charge is 0.466 e. The molecule has 0 heterocycles. The topological polar surface area (TPSA) is 122 Å². The van der Waals surface area contributed by atoms with Crippen molar-refractivity contribution < 1.29 is 32.7 Å². The molecule has 0 aromatic heterocycles. The number of ether oxygens (including phenoxy) is 2. The zero-order valence-corrected chi connectivity index (χ0v) is 18.5. The van der Waals surface area contributed by atoms with Crippen LogP contribution in [-0.4, -0.2) is 48.5 Å². The summed E-state index contributed by atoms with van der Waals surface area (Å²) in [5.74, 6) is -0.342. The van der Waals surface area contributed by atoms with E-state index in [1.165, 1.54) is 24.3 Å². The summed E-state index contributed by atoms with van der Waals surface area (Å²) in [6.07, 6.45) is 0.860. The number of carbonyl (C=O) groups is 2. The summed E-state index contributed by atoms with van der Waals surface area (Å²) in [5.41, 5.74) is 0.121. The molecule has 172 valence electrons. The average molecular weight is 463 g/mol. The smallest absolute Gasteiger partial charge is 0.307 e. The summed E-state index contributed by atoms with van der Waals surface area (Å²) in [4.78, 5) is 24.3. The number of para-hydroxylation sites is 1. The van der Waals surface area contributed by atoms with Gasteiger partial charge in [0.05, 0.1) is 17.9 Å². The van der Waals surface area contributed by atoms with Gasteiger partial charge in [-0.3, -0.25) is 14.8 Å². The third kappa shape index (κ3) is 4.93. The molecule has 0 bridgehead atoms. The van der Waals surface area contributed by atoms with Gasteiger partial charge in [-0.15, -0.1) is 0 Å². The second-order valence-corrected chi connectivity index (χ2v) is 9.21. The molecule has 1 amide bonds. The predicted molar refractivity (Wildman–Crippen MR) is 115 cm³/mol. The standard InChI is InChI=1S/C22H26N2O7S/c1-2-30-20(25)13-16-24(22(14-6-15-22)21(26)23-27)32(28,29)19-11-9-18(10-12-19)31-17-7-4-3-5-8-17/h3-5,7-12,27H,2,6,13-16H2,1H3,(H,23,26). The Morgan fingerprint density at radius 2 is 1.69 bits per heavy atom. The molecule has 32 heavy (non-hydrogen) atoms. The maximum Gasteiger partial charge on any atom is 0.307 e. The van der Waals surface area contributed by atoms with Gasteiger partial charge in [-0.05, 0) is 62.6 Å². The van der Waals surface area contributed by atoms with Crippen molar-refractivity contribution in [2.24, 2.45) is 0 Å². The van der Waals surface area contributed by atoms with Crippen LogP contribution in [0.5, 0.6) is 11.5 Å². The summed E-state index contributed by atoms with van der Waals surface area (Å²) in [6, 6.07) is 14.8. The quantitative estimate of drug-likeness (QED) is 0.316. The van der Waals surface area contributed by atoms with E-state index in [1.54, 1.807) is 24.5 Å². The van der Waals surface area contributed by atoms with E-state index in [1.807, 2.05) is 18.2 Å². The highest BCUT2D eigenvalue weighted by atomic mass is 32.2. The lowest BCUT2D eigenvalue weighted by Crippen LogP contribution is -2.64. The molecule has 9 nitrogen and oxygen atoms in total. The van der Waals surface area contributed by atoms with Crippen molar-refractivity contribution in [3.63, 3.8) is 0 Å². The first-order chi connectivity index (χ1) is 15.3. The number of nitrogens with zero attached hydrogens (tertiary/aromatic N) is 1. The van der Waals surface area contributed by atoms with Crippen LogP contribution < -0.4 is 10.2 Å². The third-order valence-electron chi connectivity index (χ3n) is 5.40. The number of rotatable bonds is 10. The molecule has 1 fully saturated rings. The first kappa shape index (κ1) is 23.7. The van der Waals surface area contributed by atoms with E-state index in [9.17, 15) is 23.2 Å². The molecule has 10 heteroatoms. The Kier molecular flexibility index (Phi) is 7.49. The Bertz CT molecular complexity index is 1040. The van der Waals surface area contributed by atoms with Crippen LogP contribution in [0.2, 0.25) is 0 Å². The van der Waals surface area contributed by atoms with E-state index < -0.39 is 27.4 Å². The predicted octanol–water partition coefficient (Wildman–Crippen LogP) is 2.85. The lowest BCUT2D eigenvalue weighted by Gasteiger charge is -2.46. The molecule has 0 aliphatic heterocycles. The zero-order chi connectivity index (χ0) is 23.2. The second-order valence-electron chi connectivity index (χ2n) is 7.34. The summed E-state index contributed by atoms with van der Waals surface area (Å²) >= 11 is 0. The van der Waals surface area contributed by atoms with E-state index in [4.69, 9.17) is 9.47 Å². The van der Waals surface area contributed by atoms with Gasteiger partial charge in [-0.25, -0.2) is 13.9 Å². The minimum atomic E-state index is -4.18. The Morgan fingerprint density at radius 1 is 1.06 bits per heavy atom. The first-order valence-corrected chi connectivity index (χ1v) is 11.7. The van der Waals surface area contributed by atoms with Crippen LogP contribution in [0, 0.1) is 0 Å². The molecule has 0 saturated heterocycles. The van der Waals surface area contributed by atoms with Gasteiger partial charge in [0.2, 0.25) is 10.0 Å². The van der Waals surface area contributed by atoms with Gasteiger partial charge in [0.1, 0.15) is 17.0 Å². The Morgan fingerprint density at radius 3 is 2.22 bits per heavy atom. The van der Waals surface area contributed by atoms with Crippen molar-refractivity contribution in [2.45, 2.75) is 43.0 Å². The number of nitrogens with one attached hydrogen (secondary N) is 1.